The number of aliphatic hydroxyl groups is 2. The van der Waals surface area contributed by atoms with E-state index in [0.717, 1.165) is 19.3 Å². The van der Waals surface area contributed by atoms with E-state index in [1.54, 1.807) is 19.0 Å². The molecule has 0 amide bonds. The van der Waals surface area contributed by atoms with Gasteiger partial charge in [-0.25, -0.2) is 4.39 Å². The summed E-state index contributed by atoms with van der Waals surface area (Å²) in [4.78, 5) is 30.6. The summed E-state index contributed by atoms with van der Waals surface area (Å²) in [5.74, 6) is -3.81. The average molecular weight is 707 g/mol. The van der Waals surface area contributed by atoms with Crippen molar-refractivity contribution in [2.24, 2.45) is 11.8 Å². The molecule has 5 rings (SSSR count). The first kappa shape index (κ1) is 34.5. The van der Waals surface area contributed by atoms with Gasteiger partial charge in [0.15, 0.2) is 17.1 Å². The van der Waals surface area contributed by atoms with Gasteiger partial charge in [-0.1, -0.05) is 26.7 Å². The Kier molecular flexibility index (Phi) is 9.77. The molecule has 0 saturated carbocycles. The topological polar surface area (TPSA) is 134 Å². The number of nitrogens with zero attached hydrogens (tertiary/aromatic N) is 2. The summed E-state index contributed by atoms with van der Waals surface area (Å²) in [7, 11) is 3.56. The first-order valence-electron chi connectivity index (χ1n) is 16.1. The third kappa shape index (κ3) is 5.69. The number of Topliss-reactive ketones (excluding diaryl/α,β-unsaturated/α-hetero) is 2. The molecular formula is C34H45BrFN3O7. The van der Waals surface area contributed by atoms with E-state index in [-0.39, 0.29) is 75.7 Å². The first-order valence-corrected chi connectivity index (χ1v) is 16.9. The molecule has 4 atom stereocenters. The van der Waals surface area contributed by atoms with Gasteiger partial charge in [-0.15, -0.1) is 0 Å². The number of ketones is 2. The van der Waals surface area contributed by atoms with Crippen molar-refractivity contribution in [2.45, 2.75) is 96.9 Å². The lowest BCUT2D eigenvalue weighted by atomic mass is 9.58. The lowest BCUT2D eigenvalue weighted by Crippen LogP contribution is -2.59. The van der Waals surface area contributed by atoms with Gasteiger partial charge >= 0.3 is 0 Å². The van der Waals surface area contributed by atoms with E-state index >= 15 is 4.39 Å². The third-order valence-electron chi connectivity index (χ3n) is 9.29. The lowest BCUT2D eigenvalue weighted by molar-refractivity contribution is -0.0559. The Labute approximate surface area is 277 Å². The number of unbranched alkanes of at least 4 members (excludes halogenated alkanes) is 2. The summed E-state index contributed by atoms with van der Waals surface area (Å²) in [6, 6.07) is -0.673. The molecular weight excluding hydrogens is 661 g/mol. The van der Waals surface area contributed by atoms with Crippen molar-refractivity contribution >= 4 is 27.5 Å². The number of allylic oxidation sites excluding steroid dienone is 1. The Morgan fingerprint density at radius 2 is 1.78 bits per heavy atom. The van der Waals surface area contributed by atoms with E-state index in [2.05, 4.69) is 26.4 Å². The summed E-state index contributed by atoms with van der Waals surface area (Å²) in [6.07, 6.45) is 3.43. The average Bonchev–Trinajstić information content (AvgIpc) is 3.40. The molecule has 252 valence electrons. The van der Waals surface area contributed by atoms with Gasteiger partial charge in [-0.3, -0.25) is 14.5 Å². The molecule has 46 heavy (non-hydrogen) atoms. The Balaban J connectivity index is 1.67. The van der Waals surface area contributed by atoms with Gasteiger partial charge in [-0.2, -0.15) is 0 Å². The number of nitrogens with one attached hydrogen (secondary N) is 1. The largest absolute Gasteiger partial charge is 0.508 e. The Morgan fingerprint density at radius 1 is 1.13 bits per heavy atom. The summed E-state index contributed by atoms with van der Waals surface area (Å²) in [5, 5.41) is 31.6. The van der Waals surface area contributed by atoms with Crippen LogP contribution in [0.2, 0.25) is 0 Å². The molecule has 3 aliphatic rings. The molecule has 0 saturated heterocycles. The van der Waals surface area contributed by atoms with Gasteiger partial charge in [0.25, 0.3) is 5.88 Å². The highest BCUT2D eigenvalue weighted by molar-refractivity contribution is 9.10. The quantitative estimate of drug-likeness (QED) is 0.231. The molecule has 0 unspecified atom stereocenters. The van der Waals surface area contributed by atoms with E-state index < -0.39 is 46.6 Å². The zero-order valence-electron chi connectivity index (χ0n) is 27.7. The maximum absolute atomic E-state index is 16.1. The number of aliphatic hydroxyl groups excluding tert-OH is 1. The Bertz CT molecular complexity index is 1560. The van der Waals surface area contributed by atoms with Gasteiger partial charge < -0.3 is 29.5 Å². The standard InChI is InChI=1S/C34H45BrFN3O7/c1-8-10-12-44-28-19(16-37-33(3,4)5)25(36)24(35)18-14-17-15-20-26(39(6)7)29-23(32(38-46-29)45-13-11-9-2)31(42)34(20,43)30(41)21(17)27(40)22(18)28/h17,20,26,37,41,43H,8-16H2,1-7H3/t17-,20-,26-,34-/m0/s1. The van der Waals surface area contributed by atoms with Crippen LogP contribution >= 0.6 is 15.9 Å². The number of hydrogen-bond acceptors (Lipinski definition) is 10. The second-order valence-electron chi connectivity index (χ2n) is 13.9. The van der Waals surface area contributed by atoms with Gasteiger partial charge in [0.05, 0.1) is 29.3 Å². The summed E-state index contributed by atoms with van der Waals surface area (Å²) in [6.45, 7) is 10.5. The van der Waals surface area contributed by atoms with Crippen LogP contribution in [-0.2, 0) is 13.0 Å². The van der Waals surface area contributed by atoms with Crippen molar-refractivity contribution in [3.05, 3.63) is 49.6 Å². The van der Waals surface area contributed by atoms with Crippen LogP contribution in [0.15, 0.2) is 20.3 Å². The summed E-state index contributed by atoms with van der Waals surface area (Å²) in [5.41, 5.74) is -2.11. The second kappa shape index (κ2) is 13.0. The number of carbonyl (C=O) groups is 2. The minimum Gasteiger partial charge on any atom is -0.508 e. The molecule has 0 bridgehead atoms. The van der Waals surface area contributed by atoms with Gasteiger partial charge in [0.2, 0.25) is 5.78 Å². The maximum atomic E-state index is 16.1. The highest BCUT2D eigenvalue weighted by Gasteiger charge is 2.64. The van der Waals surface area contributed by atoms with Crippen LogP contribution in [0.5, 0.6) is 11.6 Å². The molecule has 1 aromatic heterocycles. The number of rotatable bonds is 11. The number of carbonyl (C=O) groups excluding carboxylic acids is 2. The van der Waals surface area contributed by atoms with Crippen molar-refractivity contribution in [3.63, 3.8) is 0 Å². The zero-order valence-corrected chi connectivity index (χ0v) is 29.3. The molecule has 10 nitrogen and oxygen atoms in total. The minimum absolute atomic E-state index is 0.0354. The van der Waals surface area contributed by atoms with Gasteiger partial charge in [-0.05, 0) is 93.1 Å². The highest BCUT2D eigenvalue weighted by Crippen LogP contribution is 2.57. The fraction of sp³-hybridized carbons (Fsp3) is 0.618. The van der Waals surface area contributed by atoms with Crippen LogP contribution in [0.3, 0.4) is 0 Å². The van der Waals surface area contributed by atoms with Crippen molar-refractivity contribution in [2.75, 3.05) is 27.3 Å². The first-order chi connectivity index (χ1) is 21.7. The van der Waals surface area contributed by atoms with E-state index in [1.807, 2.05) is 34.6 Å². The number of fused-ring (bicyclic) bond motifs is 4. The molecule has 2 aromatic rings. The molecule has 1 heterocycles. The van der Waals surface area contributed by atoms with Crippen LogP contribution in [0.1, 0.15) is 110 Å². The number of benzene rings is 1. The third-order valence-corrected chi connectivity index (χ3v) is 10.1. The van der Waals surface area contributed by atoms with E-state index in [9.17, 15) is 19.8 Å². The van der Waals surface area contributed by atoms with Crippen LogP contribution in [0, 0.1) is 17.7 Å². The molecule has 0 fully saturated rings. The molecule has 0 aliphatic heterocycles. The Morgan fingerprint density at radius 3 is 2.39 bits per heavy atom. The number of halogens is 2. The van der Waals surface area contributed by atoms with Gasteiger partial charge in [0, 0.05) is 29.1 Å². The number of aromatic nitrogens is 1. The highest BCUT2D eigenvalue weighted by atomic mass is 79.9. The van der Waals surface area contributed by atoms with Crippen molar-refractivity contribution in [3.8, 4) is 11.6 Å². The molecule has 3 N–H and O–H groups in total. The molecule has 1 aromatic carbocycles. The fourth-order valence-electron chi connectivity index (χ4n) is 6.92. The van der Waals surface area contributed by atoms with Gasteiger partial charge in [0.1, 0.15) is 22.9 Å². The van der Waals surface area contributed by atoms with Crippen molar-refractivity contribution in [1.82, 2.24) is 15.4 Å². The monoisotopic (exact) mass is 705 g/mol. The van der Waals surface area contributed by atoms with E-state index in [0.29, 0.717) is 18.6 Å². The molecule has 12 heteroatoms. The molecule has 0 spiro atoms. The lowest BCUT2D eigenvalue weighted by Gasteiger charge is -2.49. The van der Waals surface area contributed by atoms with Crippen molar-refractivity contribution < 1.29 is 38.2 Å². The minimum atomic E-state index is -2.44. The SMILES string of the molecule is CCCCOc1noc2c1C(=O)[C@@]1(O)C(O)=C3C(=O)c4c(c(Br)c(F)c(CNC(C)(C)C)c4OCCCC)C[C@H]3C[C@H]1[C@@H]2N(C)C. The Hall–Kier alpha value is -2.80. The molecule has 3 aliphatic carbocycles. The predicted octanol–water partition coefficient (Wildman–Crippen LogP) is 6.24. The van der Waals surface area contributed by atoms with E-state index in [4.69, 9.17) is 14.0 Å². The number of ether oxygens (including phenoxy) is 2. The molecule has 0 radical (unpaired) electrons. The smallest absolute Gasteiger partial charge is 0.265 e. The summed E-state index contributed by atoms with van der Waals surface area (Å²) >= 11 is 3.45. The van der Waals surface area contributed by atoms with E-state index in [1.165, 1.54) is 0 Å². The zero-order chi connectivity index (χ0) is 33.7. The number of hydrogen-bond donors (Lipinski definition) is 3. The second-order valence-corrected chi connectivity index (χ2v) is 14.7. The van der Waals surface area contributed by atoms with Crippen LogP contribution < -0.4 is 14.8 Å². The maximum Gasteiger partial charge on any atom is 0.265 e. The predicted molar refractivity (Wildman–Crippen MR) is 173 cm³/mol. The summed E-state index contributed by atoms with van der Waals surface area (Å²) < 4.78 is 33.9. The van der Waals surface area contributed by atoms with Crippen LogP contribution in [0.4, 0.5) is 4.39 Å². The van der Waals surface area contributed by atoms with Crippen LogP contribution in [0.25, 0.3) is 0 Å². The fourth-order valence-corrected chi connectivity index (χ4v) is 7.52. The normalized spacial score (nSPS) is 24.1. The van der Waals surface area contributed by atoms with Crippen LogP contribution in [-0.4, -0.2) is 70.3 Å². The van der Waals surface area contributed by atoms with Crippen molar-refractivity contribution in [1.29, 1.82) is 0 Å².